The van der Waals surface area contributed by atoms with Crippen LogP contribution in [0, 0.1) is 0 Å². The van der Waals surface area contributed by atoms with Crippen molar-refractivity contribution >= 4 is 73.6 Å². The number of ether oxygens (including phenoxy) is 2. The van der Waals surface area contributed by atoms with Gasteiger partial charge in [-0.1, -0.05) is 48.5 Å². The molecule has 10 heteroatoms. The van der Waals surface area contributed by atoms with Crippen LogP contribution >= 0.6 is 28.1 Å². The molecular formula is C31H23BrN2O6S. The highest BCUT2D eigenvalue weighted by Gasteiger charge is 2.35. The monoisotopic (exact) mass is 630 g/mol. The zero-order chi connectivity index (χ0) is 29.1. The summed E-state index contributed by atoms with van der Waals surface area (Å²) < 4.78 is 12.6. The minimum Gasteiger partial charge on any atom is -0.490 e. The molecule has 4 aromatic rings. The van der Waals surface area contributed by atoms with Crippen LogP contribution in [0.5, 0.6) is 11.5 Å². The maximum atomic E-state index is 13.5. The summed E-state index contributed by atoms with van der Waals surface area (Å²) in [6.45, 7) is 2.50. The lowest BCUT2D eigenvalue weighted by atomic mass is 10.1. The summed E-state index contributed by atoms with van der Waals surface area (Å²) in [4.78, 5) is 38.8. The largest absolute Gasteiger partial charge is 0.490 e. The molecule has 5 rings (SSSR count). The van der Waals surface area contributed by atoms with E-state index in [1.54, 1.807) is 12.1 Å². The maximum Gasteiger partial charge on any atom is 0.335 e. The van der Waals surface area contributed by atoms with Crippen LogP contribution in [0.2, 0.25) is 0 Å². The molecule has 2 N–H and O–H groups in total. The van der Waals surface area contributed by atoms with E-state index < -0.39 is 17.8 Å². The van der Waals surface area contributed by atoms with Crippen molar-refractivity contribution in [3.63, 3.8) is 0 Å². The van der Waals surface area contributed by atoms with E-state index in [0.29, 0.717) is 34.7 Å². The zero-order valence-corrected chi connectivity index (χ0v) is 24.1. The minimum atomic E-state index is -1.15. The third-order valence-electron chi connectivity index (χ3n) is 6.35. The molecule has 0 radical (unpaired) electrons. The maximum absolute atomic E-state index is 13.5. The second-order valence-electron chi connectivity index (χ2n) is 9.00. The molecule has 0 aromatic heterocycles. The van der Waals surface area contributed by atoms with Crippen molar-refractivity contribution < 1.29 is 29.0 Å². The Morgan fingerprint density at radius 1 is 1.02 bits per heavy atom. The molecule has 1 saturated heterocycles. The van der Waals surface area contributed by atoms with Gasteiger partial charge in [-0.25, -0.2) is 4.79 Å². The minimum absolute atomic E-state index is 0.0232. The van der Waals surface area contributed by atoms with Gasteiger partial charge < -0.3 is 14.6 Å². The van der Waals surface area contributed by atoms with Crippen molar-refractivity contribution in [2.75, 3.05) is 11.5 Å². The normalized spacial score (nSPS) is 14.3. The van der Waals surface area contributed by atoms with Gasteiger partial charge in [0.25, 0.3) is 11.8 Å². The summed E-state index contributed by atoms with van der Waals surface area (Å²) in [5.74, 6) is -1.60. The van der Waals surface area contributed by atoms with Gasteiger partial charge in [0, 0.05) is 0 Å². The molecule has 4 aromatic carbocycles. The van der Waals surface area contributed by atoms with E-state index >= 15 is 0 Å². The number of hydrogen-bond donors (Lipinski definition) is 2. The number of halogens is 1. The van der Waals surface area contributed by atoms with Gasteiger partial charge in [0.2, 0.25) is 0 Å². The summed E-state index contributed by atoms with van der Waals surface area (Å²) in [6, 6.07) is 23.2. The first-order valence-corrected chi connectivity index (χ1v) is 13.8. The van der Waals surface area contributed by atoms with Crippen molar-refractivity contribution in [2.24, 2.45) is 0 Å². The number of thiocarbonyl (C=S) groups is 1. The summed E-state index contributed by atoms with van der Waals surface area (Å²) in [7, 11) is 0. The molecule has 0 saturated carbocycles. The molecule has 1 aliphatic rings. The second kappa shape index (κ2) is 11.9. The van der Waals surface area contributed by atoms with Gasteiger partial charge in [-0.3, -0.25) is 19.8 Å². The fraction of sp³-hybridized carbons (Fsp3) is 0.0968. The Morgan fingerprint density at radius 3 is 2.56 bits per heavy atom. The van der Waals surface area contributed by atoms with Crippen LogP contribution in [0.25, 0.3) is 16.8 Å². The van der Waals surface area contributed by atoms with Gasteiger partial charge in [-0.2, -0.15) is 0 Å². The Labute approximate surface area is 249 Å². The Bertz CT molecular complexity index is 1750. The lowest BCUT2D eigenvalue weighted by molar-refractivity contribution is -0.122. The number of benzene rings is 4. The molecule has 0 atom stereocenters. The molecule has 0 spiro atoms. The molecule has 0 unspecified atom stereocenters. The zero-order valence-electron chi connectivity index (χ0n) is 21.7. The first kappa shape index (κ1) is 28.0. The standard InChI is InChI=1S/C31H23BrN2O6S/c1-2-39-26-15-18(14-25(32)27(26)40-17-21-10-5-8-19-7-3-4-12-23(19)21)13-24-28(35)33-31(41)34(29(24)36)22-11-6-9-20(16-22)30(37)38/h3-16H,2,17H2,1H3,(H,37,38)(H,33,35,41). The van der Waals surface area contributed by atoms with Crippen molar-refractivity contribution in [3.05, 3.63) is 106 Å². The number of carbonyl (C=O) groups is 3. The van der Waals surface area contributed by atoms with E-state index in [4.69, 9.17) is 21.7 Å². The molecule has 1 aliphatic heterocycles. The number of hydrogen-bond acceptors (Lipinski definition) is 6. The first-order chi connectivity index (χ1) is 19.8. The van der Waals surface area contributed by atoms with Crippen LogP contribution in [0.4, 0.5) is 5.69 Å². The van der Waals surface area contributed by atoms with Crippen LogP contribution in [-0.2, 0) is 16.2 Å². The topological polar surface area (TPSA) is 105 Å². The molecule has 2 amide bonds. The van der Waals surface area contributed by atoms with Gasteiger partial charge in [-0.15, -0.1) is 0 Å². The van der Waals surface area contributed by atoms with Crippen LogP contribution in [0.3, 0.4) is 0 Å². The number of carboxylic acid groups (broad SMARTS) is 1. The Morgan fingerprint density at radius 2 is 1.78 bits per heavy atom. The molecule has 0 bridgehead atoms. The molecule has 0 aliphatic carbocycles. The number of amides is 2. The van der Waals surface area contributed by atoms with Crippen molar-refractivity contribution in [3.8, 4) is 11.5 Å². The third kappa shape index (κ3) is 5.84. The third-order valence-corrected chi connectivity index (χ3v) is 7.22. The molecule has 8 nitrogen and oxygen atoms in total. The number of carboxylic acids is 1. The average molecular weight is 632 g/mol. The predicted octanol–water partition coefficient (Wildman–Crippen LogP) is 6.11. The first-order valence-electron chi connectivity index (χ1n) is 12.6. The number of nitrogens with zero attached hydrogens (tertiary/aromatic N) is 1. The van der Waals surface area contributed by atoms with Gasteiger partial charge in [0.1, 0.15) is 12.2 Å². The number of nitrogens with one attached hydrogen (secondary N) is 1. The summed E-state index contributed by atoms with van der Waals surface area (Å²) >= 11 is 8.80. The van der Waals surface area contributed by atoms with Crippen molar-refractivity contribution in [1.29, 1.82) is 0 Å². The van der Waals surface area contributed by atoms with Crippen LogP contribution in [0.15, 0.2) is 88.9 Å². The molecule has 206 valence electrons. The molecule has 1 heterocycles. The van der Waals surface area contributed by atoms with Gasteiger partial charge in [-0.05, 0) is 93.4 Å². The van der Waals surface area contributed by atoms with E-state index in [9.17, 15) is 19.5 Å². The summed E-state index contributed by atoms with van der Waals surface area (Å²) in [6.07, 6.45) is 1.43. The summed E-state index contributed by atoms with van der Waals surface area (Å²) in [5, 5.41) is 13.9. The Hall–Kier alpha value is -4.54. The summed E-state index contributed by atoms with van der Waals surface area (Å²) in [5.41, 5.74) is 1.53. The van der Waals surface area contributed by atoms with Gasteiger partial charge >= 0.3 is 5.97 Å². The SMILES string of the molecule is CCOc1cc(C=C2C(=O)NC(=S)N(c3cccc(C(=O)O)c3)C2=O)cc(Br)c1OCc1cccc2ccccc12. The number of rotatable bonds is 8. The van der Waals surface area contributed by atoms with E-state index in [-0.39, 0.29) is 21.9 Å². The van der Waals surface area contributed by atoms with E-state index in [0.717, 1.165) is 21.2 Å². The Balaban J connectivity index is 1.47. The van der Waals surface area contributed by atoms with E-state index in [1.807, 2.05) is 49.4 Å². The quantitative estimate of drug-likeness (QED) is 0.137. The van der Waals surface area contributed by atoms with Crippen molar-refractivity contribution in [2.45, 2.75) is 13.5 Å². The smallest absolute Gasteiger partial charge is 0.335 e. The number of aromatic carboxylic acids is 1. The lowest BCUT2D eigenvalue weighted by Gasteiger charge is -2.29. The second-order valence-corrected chi connectivity index (χ2v) is 10.2. The van der Waals surface area contributed by atoms with E-state index in [1.165, 1.54) is 30.3 Å². The molecule has 1 fully saturated rings. The predicted molar refractivity (Wildman–Crippen MR) is 163 cm³/mol. The highest BCUT2D eigenvalue weighted by molar-refractivity contribution is 9.10. The fourth-order valence-corrected chi connectivity index (χ4v) is 5.33. The van der Waals surface area contributed by atoms with Crippen LogP contribution in [0.1, 0.15) is 28.4 Å². The van der Waals surface area contributed by atoms with Crippen LogP contribution < -0.4 is 19.7 Å². The average Bonchev–Trinajstić information content (AvgIpc) is 2.95. The van der Waals surface area contributed by atoms with Gasteiger partial charge in [0.05, 0.1) is 22.3 Å². The Kier molecular flexibility index (Phi) is 8.14. The lowest BCUT2D eigenvalue weighted by Crippen LogP contribution is -2.54. The number of anilines is 1. The molecular weight excluding hydrogens is 608 g/mol. The molecule has 41 heavy (non-hydrogen) atoms. The highest BCUT2D eigenvalue weighted by Crippen LogP contribution is 2.38. The van der Waals surface area contributed by atoms with Crippen LogP contribution in [-0.4, -0.2) is 34.6 Å². The number of fused-ring (bicyclic) bond motifs is 1. The number of carbonyl (C=O) groups excluding carboxylic acids is 2. The highest BCUT2D eigenvalue weighted by atomic mass is 79.9. The van der Waals surface area contributed by atoms with Crippen molar-refractivity contribution in [1.82, 2.24) is 5.32 Å². The van der Waals surface area contributed by atoms with E-state index in [2.05, 4.69) is 21.2 Å². The fourth-order valence-electron chi connectivity index (χ4n) is 4.48. The van der Waals surface area contributed by atoms with Gasteiger partial charge in [0.15, 0.2) is 16.6 Å².